The van der Waals surface area contributed by atoms with Gasteiger partial charge in [-0.05, 0) is 18.2 Å². The van der Waals surface area contributed by atoms with E-state index in [-0.39, 0.29) is 24.3 Å². The quantitative estimate of drug-likeness (QED) is 0.864. The van der Waals surface area contributed by atoms with Gasteiger partial charge in [-0.3, -0.25) is 4.79 Å². The number of hydrogen-bond donors (Lipinski definition) is 1. The summed E-state index contributed by atoms with van der Waals surface area (Å²) in [7, 11) is 1.34. The highest BCUT2D eigenvalue weighted by atomic mass is 19.4. The van der Waals surface area contributed by atoms with Gasteiger partial charge in [0.15, 0.2) is 0 Å². The number of nitrogens with one attached hydrogen (secondary N) is 1. The van der Waals surface area contributed by atoms with Crippen molar-refractivity contribution >= 4 is 11.6 Å². The number of hydrogen-bond acceptors (Lipinski definition) is 4. The van der Waals surface area contributed by atoms with Crippen molar-refractivity contribution in [2.45, 2.75) is 6.18 Å². The second-order valence-electron chi connectivity index (χ2n) is 3.99. The Kier molecular flexibility index (Phi) is 5.14. The summed E-state index contributed by atoms with van der Waals surface area (Å²) in [6.45, 7) is -0.747. The molecule has 0 aliphatic rings. The summed E-state index contributed by atoms with van der Waals surface area (Å²) in [6, 6.07) is 6.43. The van der Waals surface area contributed by atoms with Crippen molar-refractivity contribution in [1.82, 2.24) is 4.90 Å². The molecule has 0 spiro atoms. The van der Waals surface area contributed by atoms with E-state index in [0.717, 1.165) is 11.0 Å². The maximum Gasteiger partial charge on any atom is 0.418 e. The molecule has 110 valence electrons. The fraction of sp³-hybridized carbons (Fsp3) is 0.308. The Balaban J connectivity index is 3.23. The Morgan fingerprint density at radius 1 is 1.29 bits per heavy atom. The van der Waals surface area contributed by atoms with Gasteiger partial charge >= 0.3 is 6.18 Å². The number of anilines is 1. The third-order valence-electron chi connectivity index (χ3n) is 2.65. The molecule has 0 radical (unpaired) electrons. The molecule has 0 heterocycles. The molecule has 1 N–H and O–H groups in total. The Morgan fingerprint density at radius 3 is 2.29 bits per heavy atom. The number of carbonyl (C=O) groups excluding carboxylic acids is 1. The molecular formula is C13H11F3N4O. The highest BCUT2D eigenvalue weighted by Crippen LogP contribution is 2.35. The van der Waals surface area contributed by atoms with Crippen LogP contribution >= 0.6 is 0 Å². The maximum absolute atomic E-state index is 12.9. The largest absolute Gasteiger partial charge is 0.418 e. The van der Waals surface area contributed by atoms with Crippen molar-refractivity contribution in [3.8, 4) is 12.1 Å². The predicted molar refractivity (Wildman–Crippen MR) is 68.1 cm³/mol. The molecule has 0 aliphatic carbocycles. The van der Waals surface area contributed by atoms with Crippen LogP contribution in [0.5, 0.6) is 0 Å². The van der Waals surface area contributed by atoms with E-state index in [0.29, 0.717) is 6.07 Å². The van der Waals surface area contributed by atoms with Gasteiger partial charge in [0.2, 0.25) is 0 Å². The lowest BCUT2D eigenvalue weighted by molar-refractivity contribution is -0.136. The first kappa shape index (κ1) is 16.3. The fourth-order valence-electron chi connectivity index (χ4n) is 1.68. The van der Waals surface area contributed by atoms with Gasteiger partial charge in [-0.25, -0.2) is 0 Å². The number of carbonyl (C=O) groups is 1. The average molecular weight is 296 g/mol. The number of alkyl halides is 3. The molecule has 0 fully saturated rings. The van der Waals surface area contributed by atoms with Crippen molar-refractivity contribution in [3.63, 3.8) is 0 Å². The standard InChI is InChI=1S/C13H11F3N4O/c1-19-11-3-2-9(8-10(11)13(14,15)16)12(21)20(6-4-17)7-5-18/h2-3,8,19H,6-7H2,1H3. The second kappa shape index (κ2) is 6.62. The molecule has 21 heavy (non-hydrogen) atoms. The third-order valence-corrected chi connectivity index (χ3v) is 2.65. The van der Waals surface area contributed by atoms with E-state index >= 15 is 0 Å². The summed E-state index contributed by atoms with van der Waals surface area (Å²) in [5.41, 5.74) is -1.37. The number of nitriles is 2. The second-order valence-corrected chi connectivity index (χ2v) is 3.99. The Morgan fingerprint density at radius 2 is 1.86 bits per heavy atom. The first-order valence-corrected chi connectivity index (χ1v) is 5.77. The molecule has 0 bridgehead atoms. The highest BCUT2D eigenvalue weighted by molar-refractivity contribution is 5.95. The molecular weight excluding hydrogens is 285 g/mol. The average Bonchev–Trinajstić information content (AvgIpc) is 2.44. The number of halogens is 3. The number of amides is 1. The fourth-order valence-corrected chi connectivity index (χ4v) is 1.68. The molecule has 0 aliphatic heterocycles. The SMILES string of the molecule is CNc1ccc(C(=O)N(CC#N)CC#N)cc1C(F)(F)F. The van der Waals surface area contributed by atoms with Crippen molar-refractivity contribution in [2.24, 2.45) is 0 Å². The monoisotopic (exact) mass is 296 g/mol. The maximum atomic E-state index is 12.9. The summed E-state index contributed by atoms with van der Waals surface area (Å²) in [4.78, 5) is 12.9. The molecule has 0 saturated heterocycles. The Bertz CT molecular complexity index is 597. The number of benzene rings is 1. The smallest absolute Gasteiger partial charge is 0.388 e. The van der Waals surface area contributed by atoms with Gasteiger partial charge in [0.1, 0.15) is 13.1 Å². The minimum atomic E-state index is -4.62. The minimum Gasteiger partial charge on any atom is -0.388 e. The lowest BCUT2D eigenvalue weighted by Crippen LogP contribution is -2.32. The molecule has 1 aromatic carbocycles. The molecule has 8 heteroatoms. The van der Waals surface area contributed by atoms with Gasteiger partial charge in [0.25, 0.3) is 5.91 Å². The normalized spacial score (nSPS) is 10.4. The van der Waals surface area contributed by atoms with E-state index in [1.54, 1.807) is 12.1 Å². The molecule has 1 rings (SSSR count). The van der Waals surface area contributed by atoms with E-state index in [1.165, 1.54) is 13.1 Å². The van der Waals surface area contributed by atoms with Crippen LogP contribution in [0.25, 0.3) is 0 Å². The van der Waals surface area contributed by atoms with Gasteiger partial charge in [-0.15, -0.1) is 0 Å². The minimum absolute atomic E-state index is 0.161. The molecule has 5 nitrogen and oxygen atoms in total. The van der Waals surface area contributed by atoms with Gasteiger partial charge in [0, 0.05) is 18.3 Å². The van der Waals surface area contributed by atoms with Crippen LogP contribution in [0.2, 0.25) is 0 Å². The summed E-state index contributed by atoms with van der Waals surface area (Å²) in [5, 5.41) is 19.6. The van der Waals surface area contributed by atoms with E-state index < -0.39 is 17.6 Å². The Labute approximate surface area is 119 Å². The predicted octanol–water partition coefficient (Wildman–Crippen LogP) is 2.24. The summed E-state index contributed by atoms with van der Waals surface area (Å²) < 4.78 is 38.7. The zero-order valence-corrected chi connectivity index (χ0v) is 11.0. The lowest BCUT2D eigenvalue weighted by Gasteiger charge is -2.18. The van der Waals surface area contributed by atoms with E-state index in [2.05, 4.69) is 5.32 Å². The van der Waals surface area contributed by atoms with Crippen LogP contribution in [-0.4, -0.2) is 30.9 Å². The van der Waals surface area contributed by atoms with Gasteiger partial charge < -0.3 is 10.2 Å². The van der Waals surface area contributed by atoms with Crippen LogP contribution in [-0.2, 0) is 6.18 Å². The topological polar surface area (TPSA) is 79.9 Å². The first-order chi connectivity index (χ1) is 9.85. The summed E-state index contributed by atoms with van der Waals surface area (Å²) in [5.74, 6) is -0.800. The molecule has 0 saturated carbocycles. The van der Waals surface area contributed by atoms with Gasteiger partial charge in [-0.1, -0.05) is 0 Å². The molecule has 1 aromatic rings. The van der Waals surface area contributed by atoms with Gasteiger partial charge in [-0.2, -0.15) is 23.7 Å². The van der Waals surface area contributed by atoms with E-state index in [9.17, 15) is 18.0 Å². The van der Waals surface area contributed by atoms with Crippen molar-refractivity contribution in [1.29, 1.82) is 10.5 Å². The number of nitrogens with zero attached hydrogens (tertiary/aromatic N) is 3. The van der Waals surface area contributed by atoms with Crippen LogP contribution in [0.1, 0.15) is 15.9 Å². The van der Waals surface area contributed by atoms with Gasteiger partial charge in [0.05, 0.1) is 17.7 Å². The molecule has 1 amide bonds. The molecule has 0 aromatic heterocycles. The summed E-state index contributed by atoms with van der Waals surface area (Å²) in [6.07, 6.45) is -4.62. The zero-order chi connectivity index (χ0) is 16.0. The zero-order valence-electron chi connectivity index (χ0n) is 11.0. The Hall–Kier alpha value is -2.74. The van der Waals surface area contributed by atoms with E-state index in [1.807, 2.05) is 0 Å². The molecule has 0 unspecified atom stereocenters. The van der Waals surface area contributed by atoms with Crippen LogP contribution in [0.15, 0.2) is 18.2 Å². The molecule has 0 atom stereocenters. The van der Waals surface area contributed by atoms with Crippen molar-refractivity contribution < 1.29 is 18.0 Å². The van der Waals surface area contributed by atoms with Crippen LogP contribution in [0.4, 0.5) is 18.9 Å². The summed E-state index contributed by atoms with van der Waals surface area (Å²) >= 11 is 0. The number of rotatable bonds is 4. The van der Waals surface area contributed by atoms with Crippen LogP contribution < -0.4 is 5.32 Å². The van der Waals surface area contributed by atoms with Crippen molar-refractivity contribution in [2.75, 3.05) is 25.5 Å². The van der Waals surface area contributed by atoms with Crippen LogP contribution in [0, 0.1) is 22.7 Å². The first-order valence-electron chi connectivity index (χ1n) is 5.77. The van der Waals surface area contributed by atoms with Crippen molar-refractivity contribution in [3.05, 3.63) is 29.3 Å². The van der Waals surface area contributed by atoms with Crippen LogP contribution in [0.3, 0.4) is 0 Å². The highest BCUT2D eigenvalue weighted by Gasteiger charge is 2.34. The van der Waals surface area contributed by atoms with E-state index in [4.69, 9.17) is 10.5 Å². The third kappa shape index (κ3) is 3.86. The lowest BCUT2D eigenvalue weighted by atomic mass is 10.1.